The molecule has 2 heterocycles. The third kappa shape index (κ3) is 2.97. The molecular formula is C16H13N3O2. The summed E-state index contributed by atoms with van der Waals surface area (Å²) in [7, 11) is 0. The average molecular weight is 279 g/mol. The fourth-order valence-electron chi connectivity index (χ4n) is 2.07. The second-order valence-corrected chi connectivity index (χ2v) is 4.45. The second kappa shape index (κ2) is 6.00. The summed E-state index contributed by atoms with van der Waals surface area (Å²) in [5.41, 5.74) is 2.40. The third-order valence-electron chi connectivity index (χ3n) is 3.05. The van der Waals surface area contributed by atoms with E-state index < -0.39 is 0 Å². The van der Waals surface area contributed by atoms with Gasteiger partial charge in [-0.05, 0) is 29.8 Å². The summed E-state index contributed by atoms with van der Waals surface area (Å²) in [6, 6.07) is 11.2. The van der Waals surface area contributed by atoms with Gasteiger partial charge in [-0.1, -0.05) is 6.07 Å². The zero-order chi connectivity index (χ0) is 14.5. The number of hydrogen-bond acceptors (Lipinski definition) is 4. The number of benzene rings is 1. The van der Waals surface area contributed by atoms with Crippen molar-refractivity contribution in [2.24, 2.45) is 0 Å². The molecule has 1 aromatic carbocycles. The molecule has 1 amide bonds. The zero-order valence-corrected chi connectivity index (χ0v) is 11.2. The number of aromatic nitrogens is 2. The molecule has 104 valence electrons. The first-order chi connectivity index (χ1) is 10.4. The van der Waals surface area contributed by atoms with E-state index in [9.17, 15) is 4.79 Å². The summed E-state index contributed by atoms with van der Waals surface area (Å²) in [6.07, 6.45) is 5.77. The van der Waals surface area contributed by atoms with Crippen LogP contribution < -0.4 is 10.1 Å². The van der Waals surface area contributed by atoms with E-state index in [2.05, 4.69) is 15.3 Å². The molecule has 0 radical (unpaired) electrons. The molecule has 3 rings (SSSR count). The van der Waals surface area contributed by atoms with Gasteiger partial charge in [0.25, 0.3) is 0 Å². The van der Waals surface area contributed by atoms with Crippen LogP contribution in [0, 0.1) is 0 Å². The van der Waals surface area contributed by atoms with Crippen molar-refractivity contribution in [3.05, 3.63) is 60.6 Å². The van der Waals surface area contributed by atoms with Crippen LogP contribution in [0.3, 0.4) is 0 Å². The second-order valence-electron chi connectivity index (χ2n) is 4.45. The summed E-state index contributed by atoms with van der Waals surface area (Å²) in [6.45, 7) is 0.439. The number of carbonyl (C=O) groups is 1. The molecule has 0 fully saturated rings. The Bertz CT molecular complexity index is 760. The van der Waals surface area contributed by atoms with E-state index in [0.29, 0.717) is 24.5 Å². The molecule has 1 N–H and O–H groups in total. The van der Waals surface area contributed by atoms with Crippen LogP contribution in [0.15, 0.2) is 55.0 Å². The Morgan fingerprint density at radius 3 is 2.81 bits per heavy atom. The first kappa shape index (κ1) is 13.1. The molecule has 0 saturated heterocycles. The number of anilines is 1. The topological polar surface area (TPSA) is 64.1 Å². The van der Waals surface area contributed by atoms with E-state index >= 15 is 0 Å². The molecular weight excluding hydrogens is 266 g/mol. The molecule has 0 atom stereocenters. The largest absolute Gasteiger partial charge is 0.489 e. The van der Waals surface area contributed by atoms with Gasteiger partial charge in [0.15, 0.2) is 0 Å². The normalized spacial score (nSPS) is 10.3. The predicted molar refractivity (Wildman–Crippen MR) is 80.0 cm³/mol. The van der Waals surface area contributed by atoms with Crippen LogP contribution in [0.25, 0.3) is 10.9 Å². The molecule has 5 nitrogen and oxygen atoms in total. The highest BCUT2D eigenvalue weighted by atomic mass is 16.5. The molecule has 2 aromatic heterocycles. The van der Waals surface area contributed by atoms with Crippen molar-refractivity contribution in [2.75, 3.05) is 5.32 Å². The maximum absolute atomic E-state index is 10.7. The van der Waals surface area contributed by atoms with Crippen LogP contribution >= 0.6 is 0 Å². The minimum absolute atomic E-state index is 0.439. The van der Waals surface area contributed by atoms with Crippen molar-refractivity contribution in [1.82, 2.24) is 9.97 Å². The SMILES string of the molecule is O=CNc1cc(OCc2ccncc2)cc2cccnc12. The van der Waals surface area contributed by atoms with Gasteiger partial charge in [0, 0.05) is 30.0 Å². The lowest BCUT2D eigenvalue weighted by Crippen LogP contribution is -1.99. The summed E-state index contributed by atoms with van der Waals surface area (Å²) >= 11 is 0. The number of fused-ring (bicyclic) bond motifs is 1. The first-order valence-corrected chi connectivity index (χ1v) is 6.47. The van der Waals surface area contributed by atoms with Crippen LogP contribution in [0.4, 0.5) is 5.69 Å². The highest BCUT2D eigenvalue weighted by molar-refractivity contribution is 5.95. The molecule has 0 saturated carbocycles. The summed E-state index contributed by atoms with van der Waals surface area (Å²) in [5.74, 6) is 0.677. The Morgan fingerprint density at radius 2 is 2.00 bits per heavy atom. The summed E-state index contributed by atoms with van der Waals surface area (Å²) in [5, 5.41) is 3.57. The third-order valence-corrected chi connectivity index (χ3v) is 3.05. The Labute approximate surface area is 121 Å². The summed E-state index contributed by atoms with van der Waals surface area (Å²) in [4.78, 5) is 19.0. The van der Waals surface area contributed by atoms with Gasteiger partial charge in [-0.15, -0.1) is 0 Å². The highest BCUT2D eigenvalue weighted by Gasteiger charge is 2.06. The first-order valence-electron chi connectivity index (χ1n) is 6.47. The monoisotopic (exact) mass is 279 g/mol. The fraction of sp³-hybridized carbons (Fsp3) is 0.0625. The lowest BCUT2D eigenvalue weighted by molar-refractivity contribution is -0.105. The van der Waals surface area contributed by atoms with Crippen molar-refractivity contribution in [3.8, 4) is 5.75 Å². The van der Waals surface area contributed by atoms with E-state index in [1.165, 1.54) is 0 Å². The van der Waals surface area contributed by atoms with Gasteiger partial charge < -0.3 is 10.1 Å². The maximum atomic E-state index is 10.7. The molecule has 0 aliphatic heterocycles. The number of rotatable bonds is 5. The minimum Gasteiger partial charge on any atom is -0.489 e. The predicted octanol–water partition coefficient (Wildman–Crippen LogP) is 2.78. The standard InChI is InChI=1S/C16H13N3O2/c20-11-19-15-9-14(8-13-2-1-5-18-16(13)15)21-10-12-3-6-17-7-4-12/h1-9,11H,10H2,(H,19,20). The van der Waals surface area contributed by atoms with E-state index in [1.807, 2.05) is 30.3 Å². The van der Waals surface area contributed by atoms with Crippen molar-refractivity contribution >= 4 is 23.0 Å². The number of ether oxygens (including phenoxy) is 1. The number of carbonyl (C=O) groups excluding carboxylic acids is 1. The number of hydrogen-bond donors (Lipinski definition) is 1. The molecule has 5 heteroatoms. The lowest BCUT2D eigenvalue weighted by atomic mass is 10.2. The van der Waals surface area contributed by atoms with E-state index in [4.69, 9.17) is 4.74 Å². The fourth-order valence-corrected chi connectivity index (χ4v) is 2.07. The van der Waals surface area contributed by atoms with E-state index in [0.717, 1.165) is 16.5 Å². The van der Waals surface area contributed by atoms with E-state index in [-0.39, 0.29) is 0 Å². The maximum Gasteiger partial charge on any atom is 0.211 e. The van der Waals surface area contributed by atoms with Crippen molar-refractivity contribution in [2.45, 2.75) is 6.61 Å². The molecule has 0 aliphatic carbocycles. The van der Waals surface area contributed by atoms with Gasteiger partial charge in [0.1, 0.15) is 12.4 Å². The van der Waals surface area contributed by atoms with Crippen LogP contribution in [0.5, 0.6) is 5.75 Å². The Hall–Kier alpha value is -2.95. The number of nitrogens with one attached hydrogen (secondary N) is 1. The molecule has 0 bridgehead atoms. The molecule has 0 unspecified atom stereocenters. The lowest BCUT2D eigenvalue weighted by Gasteiger charge is -2.10. The Morgan fingerprint density at radius 1 is 1.14 bits per heavy atom. The Balaban J connectivity index is 1.90. The van der Waals surface area contributed by atoms with Crippen LogP contribution in [0.1, 0.15) is 5.56 Å². The van der Waals surface area contributed by atoms with Gasteiger partial charge in [0.05, 0.1) is 11.2 Å². The minimum atomic E-state index is 0.439. The number of nitrogens with zero attached hydrogens (tertiary/aromatic N) is 2. The van der Waals surface area contributed by atoms with Gasteiger partial charge in [-0.25, -0.2) is 0 Å². The summed E-state index contributed by atoms with van der Waals surface area (Å²) < 4.78 is 5.78. The van der Waals surface area contributed by atoms with Crippen molar-refractivity contribution in [1.29, 1.82) is 0 Å². The van der Waals surface area contributed by atoms with Crippen LogP contribution in [-0.4, -0.2) is 16.4 Å². The quantitative estimate of drug-likeness (QED) is 0.729. The number of amides is 1. The van der Waals surface area contributed by atoms with Gasteiger partial charge in [-0.3, -0.25) is 14.8 Å². The molecule has 21 heavy (non-hydrogen) atoms. The number of pyridine rings is 2. The van der Waals surface area contributed by atoms with Gasteiger partial charge >= 0.3 is 0 Å². The average Bonchev–Trinajstić information content (AvgIpc) is 2.54. The van der Waals surface area contributed by atoms with Gasteiger partial charge in [-0.2, -0.15) is 0 Å². The van der Waals surface area contributed by atoms with Crippen LogP contribution in [0.2, 0.25) is 0 Å². The van der Waals surface area contributed by atoms with Crippen LogP contribution in [-0.2, 0) is 11.4 Å². The van der Waals surface area contributed by atoms with Gasteiger partial charge in [0.2, 0.25) is 6.41 Å². The van der Waals surface area contributed by atoms with Crippen molar-refractivity contribution < 1.29 is 9.53 Å². The smallest absolute Gasteiger partial charge is 0.211 e. The molecule has 0 spiro atoms. The molecule has 0 aliphatic rings. The molecule has 3 aromatic rings. The Kier molecular flexibility index (Phi) is 3.73. The van der Waals surface area contributed by atoms with Crippen molar-refractivity contribution in [3.63, 3.8) is 0 Å². The van der Waals surface area contributed by atoms with E-state index in [1.54, 1.807) is 24.7 Å². The highest BCUT2D eigenvalue weighted by Crippen LogP contribution is 2.27. The zero-order valence-electron chi connectivity index (χ0n) is 11.2.